The Kier molecular flexibility index (Phi) is 4.35. The Morgan fingerprint density at radius 1 is 1.64 bits per heavy atom. The molecule has 0 saturated carbocycles. The molecule has 1 rings (SSSR count). The van der Waals surface area contributed by atoms with Crippen LogP contribution in [0, 0.1) is 0 Å². The minimum absolute atomic E-state index is 0.148. The van der Waals surface area contributed by atoms with Crippen molar-refractivity contribution < 1.29 is 9.53 Å². The average molecular weight is 200 g/mol. The van der Waals surface area contributed by atoms with Crippen LogP contribution in [0.4, 0.5) is 0 Å². The van der Waals surface area contributed by atoms with Crippen LogP contribution in [-0.4, -0.2) is 50.2 Å². The van der Waals surface area contributed by atoms with Crippen molar-refractivity contribution in [3.05, 3.63) is 0 Å². The normalized spacial score (nSPS) is 24.7. The minimum atomic E-state index is -0.155. The Labute approximate surface area is 85.6 Å². The molecule has 1 aliphatic heterocycles. The summed E-state index contributed by atoms with van der Waals surface area (Å²) in [5, 5.41) is 3.33. The van der Waals surface area contributed by atoms with Gasteiger partial charge in [0.25, 0.3) is 0 Å². The standard InChI is InChI=1S/C10H20N2O2/c1-8(10(13)14-3)12(2)9-5-4-6-11-7-9/h8-9,11H,4-7H2,1-3H3. The van der Waals surface area contributed by atoms with Crippen molar-refractivity contribution in [1.82, 2.24) is 10.2 Å². The summed E-state index contributed by atoms with van der Waals surface area (Å²) in [6.07, 6.45) is 2.34. The van der Waals surface area contributed by atoms with Gasteiger partial charge in [0.1, 0.15) is 6.04 Å². The summed E-state index contributed by atoms with van der Waals surface area (Å²) in [5.74, 6) is -0.155. The highest BCUT2D eigenvalue weighted by molar-refractivity contribution is 5.75. The van der Waals surface area contributed by atoms with E-state index in [1.165, 1.54) is 13.5 Å². The van der Waals surface area contributed by atoms with Gasteiger partial charge in [0, 0.05) is 12.6 Å². The third-order valence-electron chi connectivity index (χ3n) is 3.00. The van der Waals surface area contributed by atoms with Crippen molar-refractivity contribution in [2.75, 3.05) is 27.2 Å². The number of nitrogens with zero attached hydrogens (tertiary/aromatic N) is 1. The van der Waals surface area contributed by atoms with Gasteiger partial charge in [-0.2, -0.15) is 0 Å². The summed E-state index contributed by atoms with van der Waals surface area (Å²) in [6, 6.07) is 0.308. The molecule has 2 unspecified atom stereocenters. The maximum atomic E-state index is 11.3. The predicted octanol–water partition coefficient (Wildman–Crippen LogP) is 0.232. The van der Waals surface area contributed by atoms with Crippen LogP contribution in [0.3, 0.4) is 0 Å². The maximum absolute atomic E-state index is 11.3. The summed E-state index contributed by atoms with van der Waals surface area (Å²) in [7, 11) is 3.42. The van der Waals surface area contributed by atoms with E-state index in [1.54, 1.807) is 0 Å². The van der Waals surface area contributed by atoms with Gasteiger partial charge >= 0.3 is 5.97 Å². The molecule has 14 heavy (non-hydrogen) atoms. The zero-order valence-corrected chi connectivity index (χ0v) is 9.25. The van der Waals surface area contributed by atoms with Gasteiger partial charge in [0.15, 0.2) is 0 Å². The molecule has 0 spiro atoms. The Bertz CT molecular complexity index is 191. The van der Waals surface area contributed by atoms with Gasteiger partial charge in [0.2, 0.25) is 0 Å². The van der Waals surface area contributed by atoms with Crippen LogP contribution < -0.4 is 5.32 Å². The molecule has 82 valence electrons. The number of esters is 1. The Hall–Kier alpha value is -0.610. The lowest BCUT2D eigenvalue weighted by atomic mass is 10.0. The first-order valence-corrected chi connectivity index (χ1v) is 5.17. The Morgan fingerprint density at radius 2 is 2.36 bits per heavy atom. The molecular formula is C10H20N2O2. The van der Waals surface area contributed by atoms with Crippen LogP contribution >= 0.6 is 0 Å². The number of methoxy groups -OCH3 is 1. The monoisotopic (exact) mass is 200 g/mol. The molecule has 2 atom stereocenters. The molecule has 1 fully saturated rings. The van der Waals surface area contributed by atoms with Gasteiger partial charge in [-0.15, -0.1) is 0 Å². The summed E-state index contributed by atoms with van der Waals surface area (Å²) >= 11 is 0. The van der Waals surface area contributed by atoms with Crippen LogP contribution in [0.25, 0.3) is 0 Å². The molecule has 0 bridgehead atoms. The molecule has 1 N–H and O–H groups in total. The van der Waals surface area contributed by atoms with Gasteiger partial charge in [-0.1, -0.05) is 0 Å². The fourth-order valence-electron chi connectivity index (χ4n) is 1.83. The molecule has 0 aromatic heterocycles. The van der Waals surface area contributed by atoms with Gasteiger partial charge in [0.05, 0.1) is 7.11 Å². The van der Waals surface area contributed by atoms with Crippen molar-refractivity contribution in [3.8, 4) is 0 Å². The molecule has 0 radical (unpaired) electrons. The number of piperidine rings is 1. The fourth-order valence-corrected chi connectivity index (χ4v) is 1.83. The summed E-state index contributed by atoms with van der Waals surface area (Å²) in [5.41, 5.74) is 0. The van der Waals surface area contributed by atoms with Crippen molar-refractivity contribution in [2.24, 2.45) is 0 Å². The highest BCUT2D eigenvalue weighted by atomic mass is 16.5. The Balaban J connectivity index is 2.45. The number of ether oxygens (including phenoxy) is 1. The lowest BCUT2D eigenvalue weighted by Crippen LogP contribution is -2.50. The topological polar surface area (TPSA) is 41.6 Å². The summed E-state index contributed by atoms with van der Waals surface area (Å²) < 4.78 is 4.72. The molecule has 4 nitrogen and oxygen atoms in total. The van der Waals surface area contributed by atoms with E-state index in [9.17, 15) is 4.79 Å². The number of rotatable bonds is 3. The van der Waals surface area contributed by atoms with E-state index in [2.05, 4.69) is 10.2 Å². The van der Waals surface area contributed by atoms with Crippen LogP contribution in [0.5, 0.6) is 0 Å². The smallest absolute Gasteiger partial charge is 0.322 e. The number of carbonyl (C=O) groups is 1. The van der Waals surface area contributed by atoms with E-state index in [0.29, 0.717) is 6.04 Å². The number of carbonyl (C=O) groups excluding carboxylic acids is 1. The van der Waals surface area contributed by atoms with E-state index in [4.69, 9.17) is 4.74 Å². The van der Waals surface area contributed by atoms with E-state index in [0.717, 1.165) is 19.5 Å². The predicted molar refractivity (Wildman–Crippen MR) is 55.1 cm³/mol. The second kappa shape index (κ2) is 5.32. The SMILES string of the molecule is COC(=O)C(C)N(C)C1CCCNC1. The summed E-state index contributed by atoms with van der Waals surface area (Å²) in [6.45, 7) is 3.95. The second-order valence-corrected chi connectivity index (χ2v) is 3.86. The first kappa shape index (κ1) is 11.5. The zero-order chi connectivity index (χ0) is 10.6. The zero-order valence-electron chi connectivity index (χ0n) is 9.25. The Morgan fingerprint density at radius 3 is 2.86 bits per heavy atom. The van der Waals surface area contributed by atoms with Crippen molar-refractivity contribution >= 4 is 5.97 Å². The van der Waals surface area contributed by atoms with E-state index >= 15 is 0 Å². The van der Waals surface area contributed by atoms with Crippen LogP contribution in [0.15, 0.2) is 0 Å². The molecule has 1 aliphatic rings. The number of nitrogens with one attached hydrogen (secondary N) is 1. The third kappa shape index (κ3) is 2.69. The van der Waals surface area contributed by atoms with Crippen molar-refractivity contribution in [3.63, 3.8) is 0 Å². The molecule has 4 heteroatoms. The van der Waals surface area contributed by atoms with Crippen molar-refractivity contribution in [2.45, 2.75) is 31.8 Å². The number of likely N-dealkylation sites (N-methyl/N-ethyl adjacent to an activating group) is 1. The van der Waals surface area contributed by atoms with Gasteiger partial charge in [-0.25, -0.2) is 0 Å². The molecule has 1 saturated heterocycles. The quantitative estimate of drug-likeness (QED) is 0.662. The molecule has 0 amide bonds. The molecular weight excluding hydrogens is 180 g/mol. The molecule has 0 aromatic rings. The lowest BCUT2D eigenvalue weighted by Gasteiger charge is -2.34. The van der Waals surface area contributed by atoms with E-state index in [-0.39, 0.29) is 12.0 Å². The highest BCUT2D eigenvalue weighted by Gasteiger charge is 2.26. The largest absolute Gasteiger partial charge is 0.468 e. The number of hydrogen-bond donors (Lipinski definition) is 1. The van der Waals surface area contributed by atoms with Crippen LogP contribution in [0.1, 0.15) is 19.8 Å². The first-order valence-electron chi connectivity index (χ1n) is 5.17. The van der Waals surface area contributed by atoms with Crippen LogP contribution in [0.2, 0.25) is 0 Å². The molecule has 0 aliphatic carbocycles. The molecule has 1 heterocycles. The van der Waals surface area contributed by atoms with Gasteiger partial charge in [-0.05, 0) is 33.4 Å². The highest BCUT2D eigenvalue weighted by Crippen LogP contribution is 2.11. The first-order chi connectivity index (χ1) is 6.66. The second-order valence-electron chi connectivity index (χ2n) is 3.86. The average Bonchev–Trinajstić information content (AvgIpc) is 2.27. The fraction of sp³-hybridized carbons (Fsp3) is 0.900. The van der Waals surface area contributed by atoms with Crippen LogP contribution in [-0.2, 0) is 9.53 Å². The van der Waals surface area contributed by atoms with Gasteiger partial charge in [-0.3, -0.25) is 9.69 Å². The van der Waals surface area contributed by atoms with Gasteiger partial charge < -0.3 is 10.1 Å². The third-order valence-corrected chi connectivity index (χ3v) is 3.00. The summed E-state index contributed by atoms with van der Waals surface area (Å²) in [4.78, 5) is 13.4. The van der Waals surface area contributed by atoms with E-state index < -0.39 is 0 Å². The minimum Gasteiger partial charge on any atom is -0.468 e. The molecule has 0 aromatic carbocycles. The lowest BCUT2D eigenvalue weighted by molar-refractivity contribution is -0.146. The number of hydrogen-bond acceptors (Lipinski definition) is 4. The maximum Gasteiger partial charge on any atom is 0.322 e. The van der Waals surface area contributed by atoms with Crippen molar-refractivity contribution in [1.29, 1.82) is 0 Å². The van der Waals surface area contributed by atoms with E-state index in [1.807, 2.05) is 14.0 Å².